The maximum atomic E-state index is 12.2. The summed E-state index contributed by atoms with van der Waals surface area (Å²) in [5, 5.41) is 0. The van der Waals surface area contributed by atoms with Gasteiger partial charge in [0.1, 0.15) is 5.76 Å². The predicted molar refractivity (Wildman–Crippen MR) is 99.4 cm³/mol. The van der Waals surface area contributed by atoms with Crippen LogP contribution in [-0.4, -0.2) is 42.3 Å². The van der Waals surface area contributed by atoms with Gasteiger partial charge in [-0.3, -0.25) is 9.59 Å². The topological polar surface area (TPSA) is 76.8 Å². The van der Waals surface area contributed by atoms with Crippen LogP contribution in [0.15, 0.2) is 40.8 Å². The average Bonchev–Trinajstić information content (AvgIpc) is 3.16. The van der Waals surface area contributed by atoms with Crippen molar-refractivity contribution in [3.8, 4) is 11.3 Å². The minimum absolute atomic E-state index is 0.0157. The van der Waals surface area contributed by atoms with Crippen molar-refractivity contribution in [1.82, 2.24) is 4.90 Å². The summed E-state index contributed by atoms with van der Waals surface area (Å²) < 4.78 is 10.7. The molecule has 1 aliphatic heterocycles. The van der Waals surface area contributed by atoms with Gasteiger partial charge in [-0.05, 0) is 37.8 Å². The number of benzene rings is 1. The summed E-state index contributed by atoms with van der Waals surface area (Å²) in [5.74, 6) is 0.147. The van der Waals surface area contributed by atoms with Gasteiger partial charge in [-0.25, -0.2) is 4.79 Å². The van der Waals surface area contributed by atoms with Crippen LogP contribution in [0.1, 0.15) is 47.6 Å². The van der Waals surface area contributed by atoms with E-state index in [0.29, 0.717) is 30.3 Å². The lowest BCUT2D eigenvalue weighted by atomic mass is 10.0. The molecule has 1 fully saturated rings. The minimum atomic E-state index is -0.667. The number of ether oxygens (including phenoxy) is 1. The number of esters is 1. The van der Waals surface area contributed by atoms with Crippen molar-refractivity contribution >= 4 is 17.7 Å². The zero-order chi connectivity index (χ0) is 19.4. The SMILES string of the molecule is CC(=O)c1ccc(-c2ccc(C(=O)OCC(=O)N3CCC[C@H](C)C3)o2)cc1. The van der Waals surface area contributed by atoms with E-state index < -0.39 is 5.97 Å². The number of hydrogen-bond acceptors (Lipinski definition) is 5. The van der Waals surface area contributed by atoms with Crippen LogP contribution in [0.3, 0.4) is 0 Å². The van der Waals surface area contributed by atoms with E-state index in [4.69, 9.17) is 9.15 Å². The first-order valence-electron chi connectivity index (χ1n) is 9.10. The number of amides is 1. The van der Waals surface area contributed by atoms with Crippen LogP contribution in [0.5, 0.6) is 0 Å². The molecule has 0 N–H and O–H groups in total. The standard InChI is InChI=1S/C21H23NO5/c1-14-4-3-11-22(12-14)20(24)13-26-21(25)19-10-9-18(27-19)17-7-5-16(6-8-17)15(2)23/h5-10,14H,3-4,11-13H2,1-2H3/t14-/m0/s1. The first-order chi connectivity index (χ1) is 12.9. The Balaban J connectivity index is 1.58. The van der Waals surface area contributed by atoms with Crippen molar-refractivity contribution in [3.63, 3.8) is 0 Å². The van der Waals surface area contributed by atoms with E-state index in [1.165, 1.54) is 13.0 Å². The largest absolute Gasteiger partial charge is 0.450 e. The molecule has 0 aliphatic carbocycles. The Labute approximate surface area is 158 Å². The van der Waals surface area contributed by atoms with Gasteiger partial charge in [-0.1, -0.05) is 31.2 Å². The van der Waals surface area contributed by atoms with Crippen LogP contribution in [0.2, 0.25) is 0 Å². The van der Waals surface area contributed by atoms with E-state index in [0.717, 1.165) is 18.4 Å². The highest BCUT2D eigenvalue weighted by molar-refractivity contribution is 5.94. The summed E-state index contributed by atoms with van der Waals surface area (Å²) in [6.45, 7) is 4.74. The molecule has 1 atom stereocenters. The number of carbonyl (C=O) groups excluding carboxylic acids is 3. The van der Waals surface area contributed by atoms with E-state index in [1.807, 2.05) is 0 Å². The lowest BCUT2D eigenvalue weighted by Gasteiger charge is -2.30. The second kappa shape index (κ2) is 8.20. The number of piperidine rings is 1. The molecule has 2 heterocycles. The molecule has 1 aromatic carbocycles. The Morgan fingerprint density at radius 1 is 1.15 bits per heavy atom. The van der Waals surface area contributed by atoms with Crippen LogP contribution in [-0.2, 0) is 9.53 Å². The van der Waals surface area contributed by atoms with Crippen LogP contribution in [0, 0.1) is 5.92 Å². The first kappa shape index (κ1) is 18.9. The molecule has 2 aromatic rings. The molecule has 142 valence electrons. The Kier molecular flexibility index (Phi) is 5.74. The minimum Gasteiger partial charge on any atom is -0.450 e. The molecule has 0 spiro atoms. The second-order valence-corrected chi connectivity index (χ2v) is 6.96. The van der Waals surface area contributed by atoms with Crippen molar-refractivity contribution in [2.45, 2.75) is 26.7 Å². The first-order valence-corrected chi connectivity index (χ1v) is 9.10. The molecule has 0 saturated carbocycles. The number of Topliss-reactive ketones (excluding diaryl/α,β-unsaturated/α-hetero) is 1. The Hall–Kier alpha value is -2.89. The van der Waals surface area contributed by atoms with Crippen molar-refractivity contribution in [2.24, 2.45) is 5.92 Å². The molecule has 1 amide bonds. The Morgan fingerprint density at radius 3 is 2.56 bits per heavy atom. The van der Waals surface area contributed by atoms with Crippen molar-refractivity contribution in [3.05, 3.63) is 47.7 Å². The molecule has 1 saturated heterocycles. The summed E-state index contributed by atoms with van der Waals surface area (Å²) in [6.07, 6.45) is 2.09. The van der Waals surface area contributed by atoms with Gasteiger partial charge in [0.2, 0.25) is 5.76 Å². The molecule has 0 radical (unpaired) electrons. The normalized spacial score (nSPS) is 16.8. The van der Waals surface area contributed by atoms with Crippen LogP contribution >= 0.6 is 0 Å². The zero-order valence-corrected chi connectivity index (χ0v) is 15.6. The van der Waals surface area contributed by atoms with Gasteiger partial charge in [0.25, 0.3) is 5.91 Å². The van der Waals surface area contributed by atoms with E-state index >= 15 is 0 Å². The number of furan rings is 1. The van der Waals surface area contributed by atoms with Crippen molar-refractivity contribution in [2.75, 3.05) is 19.7 Å². The molecule has 6 heteroatoms. The molecule has 27 heavy (non-hydrogen) atoms. The number of nitrogens with zero attached hydrogens (tertiary/aromatic N) is 1. The number of carbonyl (C=O) groups is 3. The van der Waals surface area contributed by atoms with Gasteiger partial charge < -0.3 is 14.1 Å². The zero-order valence-electron chi connectivity index (χ0n) is 15.6. The molecule has 1 aliphatic rings. The smallest absolute Gasteiger partial charge is 0.374 e. The van der Waals surface area contributed by atoms with Gasteiger partial charge >= 0.3 is 5.97 Å². The van der Waals surface area contributed by atoms with Gasteiger partial charge in [-0.2, -0.15) is 0 Å². The number of ketones is 1. The molecular weight excluding hydrogens is 346 g/mol. The van der Waals surface area contributed by atoms with Crippen LogP contribution in [0.4, 0.5) is 0 Å². The molecule has 1 aromatic heterocycles. The van der Waals surface area contributed by atoms with Gasteiger partial charge in [0.05, 0.1) is 0 Å². The average molecular weight is 369 g/mol. The maximum absolute atomic E-state index is 12.2. The highest BCUT2D eigenvalue weighted by Gasteiger charge is 2.23. The lowest BCUT2D eigenvalue weighted by molar-refractivity contribution is -0.136. The maximum Gasteiger partial charge on any atom is 0.374 e. The number of rotatable bonds is 5. The Morgan fingerprint density at radius 2 is 1.89 bits per heavy atom. The van der Waals surface area contributed by atoms with E-state index in [-0.39, 0.29) is 24.1 Å². The third-order valence-electron chi connectivity index (χ3n) is 4.72. The summed E-state index contributed by atoms with van der Waals surface area (Å²) in [5.41, 5.74) is 1.35. The molecular formula is C21H23NO5. The fourth-order valence-corrected chi connectivity index (χ4v) is 3.18. The summed E-state index contributed by atoms with van der Waals surface area (Å²) in [4.78, 5) is 37.4. The third kappa shape index (κ3) is 4.64. The van der Waals surface area contributed by atoms with Gasteiger partial charge in [0.15, 0.2) is 12.4 Å². The van der Waals surface area contributed by atoms with Crippen molar-refractivity contribution in [1.29, 1.82) is 0 Å². The van der Waals surface area contributed by atoms with E-state index in [1.54, 1.807) is 35.2 Å². The number of likely N-dealkylation sites (tertiary alicyclic amines) is 1. The third-order valence-corrected chi connectivity index (χ3v) is 4.72. The van der Waals surface area contributed by atoms with Crippen molar-refractivity contribution < 1.29 is 23.5 Å². The molecule has 0 unspecified atom stereocenters. The number of hydrogen-bond donors (Lipinski definition) is 0. The molecule has 0 bridgehead atoms. The monoisotopic (exact) mass is 369 g/mol. The predicted octanol–water partition coefficient (Wildman–Crippen LogP) is 3.56. The lowest BCUT2D eigenvalue weighted by Crippen LogP contribution is -2.41. The highest BCUT2D eigenvalue weighted by Crippen LogP contribution is 2.23. The summed E-state index contributed by atoms with van der Waals surface area (Å²) in [6, 6.07) is 10.1. The van der Waals surface area contributed by atoms with Gasteiger partial charge in [-0.15, -0.1) is 0 Å². The Bertz CT molecular complexity index is 837. The summed E-state index contributed by atoms with van der Waals surface area (Å²) in [7, 11) is 0. The second-order valence-electron chi connectivity index (χ2n) is 6.96. The quantitative estimate of drug-likeness (QED) is 0.595. The van der Waals surface area contributed by atoms with E-state index in [2.05, 4.69) is 6.92 Å². The fourth-order valence-electron chi connectivity index (χ4n) is 3.18. The molecule has 3 rings (SSSR count). The van der Waals surface area contributed by atoms with E-state index in [9.17, 15) is 14.4 Å². The molecule has 6 nitrogen and oxygen atoms in total. The van der Waals surface area contributed by atoms with Gasteiger partial charge in [0, 0.05) is 24.2 Å². The van der Waals surface area contributed by atoms with Crippen LogP contribution < -0.4 is 0 Å². The van der Waals surface area contributed by atoms with Crippen LogP contribution in [0.25, 0.3) is 11.3 Å². The highest BCUT2D eigenvalue weighted by atomic mass is 16.5. The summed E-state index contributed by atoms with van der Waals surface area (Å²) >= 11 is 0. The fraction of sp³-hybridized carbons (Fsp3) is 0.381.